The van der Waals surface area contributed by atoms with Gasteiger partial charge >= 0.3 is 0 Å². The summed E-state index contributed by atoms with van der Waals surface area (Å²) in [7, 11) is -3.83. The first-order chi connectivity index (χ1) is 9.31. The van der Waals surface area contributed by atoms with Crippen LogP contribution >= 0.6 is 15.9 Å². The van der Waals surface area contributed by atoms with Crippen LogP contribution in [0.4, 0.5) is 10.1 Å². The zero-order chi connectivity index (χ0) is 14.9. The monoisotopic (exact) mass is 357 g/mol. The zero-order valence-corrected chi connectivity index (χ0v) is 13.3. The average Bonchev–Trinajstić information content (AvgIpc) is 2.37. The van der Waals surface area contributed by atoms with Crippen molar-refractivity contribution in [3.8, 4) is 0 Å². The highest BCUT2D eigenvalue weighted by Gasteiger charge is 2.19. The number of aryl methyl sites for hydroxylation is 2. The summed E-state index contributed by atoms with van der Waals surface area (Å²) in [6.07, 6.45) is 0. The van der Waals surface area contributed by atoms with Gasteiger partial charge in [-0.15, -0.1) is 0 Å². The summed E-state index contributed by atoms with van der Waals surface area (Å²) >= 11 is 3.24. The van der Waals surface area contributed by atoms with Gasteiger partial charge in [-0.3, -0.25) is 4.72 Å². The van der Waals surface area contributed by atoms with Crippen LogP contribution in [0.25, 0.3) is 0 Å². The summed E-state index contributed by atoms with van der Waals surface area (Å²) in [5.41, 5.74) is 1.10. The molecule has 3 nitrogen and oxygen atoms in total. The second-order valence-electron chi connectivity index (χ2n) is 4.45. The molecule has 2 aromatic rings. The maximum atomic E-state index is 13.7. The molecule has 1 N–H and O–H groups in total. The predicted octanol–water partition coefficient (Wildman–Crippen LogP) is 4.01. The Balaban J connectivity index is 2.49. The van der Waals surface area contributed by atoms with E-state index in [0.29, 0.717) is 15.6 Å². The predicted molar refractivity (Wildman–Crippen MR) is 80.8 cm³/mol. The fourth-order valence-electron chi connectivity index (χ4n) is 1.81. The van der Waals surface area contributed by atoms with Crippen LogP contribution < -0.4 is 4.72 Å². The summed E-state index contributed by atoms with van der Waals surface area (Å²) in [6, 6.07) is 9.34. The molecule has 0 radical (unpaired) electrons. The Labute approximate surface area is 126 Å². The van der Waals surface area contributed by atoms with Gasteiger partial charge in [-0.2, -0.15) is 0 Å². The molecule has 6 heteroatoms. The lowest BCUT2D eigenvalue weighted by Crippen LogP contribution is -2.16. The molecule has 0 amide bonds. The summed E-state index contributed by atoms with van der Waals surface area (Å²) in [5.74, 6) is -0.596. The van der Waals surface area contributed by atoms with E-state index in [9.17, 15) is 12.8 Å². The van der Waals surface area contributed by atoms with Crippen molar-refractivity contribution in [3.05, 3.63) is 57.8 Å². The normalized spacial score (nSPS) is 11.4. The number of nitrogens with one attached hydrogen (secondary N) is 1. The lowest BCUT2D eigenvalue weighted by molar-refractivity contribution is 0.597. The molecule has 2 aromatic carbocycles. The van der Waals surface area contributed by atoms with Crippen LogP contribution in [-0.4, -0.2) is 8.42 Å². The Hall–Kier alpha value is -1.40. The summed E-state index contributed by atoms with van der Waals surface area (Å²) in [6.45, 7) is 3.34. The van der Waals surface area contributed by atoms with E-state index < -0.39 is 15.8 Å². The molecular weight excluding hydrogens is 345 g/mol. The quantitative estimate of drug-likeness (QED) is 0.901. The first kappa shape index (κ1) is 15.0. The maximum absolute atomic E-state index is 13.7. The van der Waals surface area contributed by atoms with Crippen molar-refractivity contribution in [2.45, 2.75) is 18.7 Å². The average molecular weight is 358 g/mol. The summed E-state index contributed by atoms with van der Waals surface area (Å²) < 4.78 is 41.5. The van der Waals surface area contributed by atoms with Gasteiger partial charge in [0.15, 0.2) is 0 Å². The van der Waals surface area contributed by atoms with Crippen molar-refractivity contribution in [1.29, 1.82) is 0 Å². The molecule has 2 rings (SSSR count). The number of benzene rings is 2. The van der Waals surface area contributed by atoms with Crippen LogP contribution in [0.5, 0.6) is 0 Å². The van der Waals surface area contributed by atoms with E-state index >= 15 is 0 Å². The molecule has 20 heavy (non-hydrogen) atoms. The molecule has 0 fully saturated rings. The molecule has 0 saturated carbocycles. The van der Waals surface area contributed by atoms with Gasteiger partial charge in [0.05, 0.1) is 10.6 Å². The van der Waals surface area contributed by atoms with Gasteiger partial charge in [0.2, 0.25) is 0 Å². The highest BCUT2D eigenvalue weighted by atomic mass is 79.9. The number of anilines is 1. The molecule has 0 saturated heterocycles. The Morgan fingerprint density at radius 1 is 1.10 bits per heavy atom. The van der Waals surface area contributed by atoms with Crippen molar-refractivity contribution >= 4 is 31.6 Å². The minimum absolute atomic E-state index is 0.0214. The van der Waals surface area contributed by atoms with Gasteiger partial charge in [-0.1, -0.05) is 34.1 Å². The fraction of sp³-hybridized carbons (Fsp3) is 0.143. The third-order valence-electron chi connectivity index (χ3n) is 2.90. The third kappa shape index (κ3) is 3.02. The Bertz CT molecular complexity index is 740. The van der Waals surface area contributed by atoms with Crippen molar-refractivity contribution in [2.24, 2.45) is 0 Å². The molecule has 0 aliphatic heterocycles. The Morgan fingerprint density at radius 2 is 1.80 bits per heavy atom. The molecule has 0 aliphatic rings. The summed E-state index contributed by atoms with van der Waals surface area (Å²) in [5, 5.41) is 0. The van der Waals surface area contributed by atoms with E-state index in [4.69, 9.17) is 0 Å². The van der Waals surface area contributed by atoms with Crippen LogP contribution in [0.2, 0.25) is 0 Å². The van der Waals surface area contributed by atoms with Crippen LogP contribution in [0, 0.1) is 19.7 Å². The molecule has 0 aromatic heterocycles. The fourth-order valence-corrected chi connectivity index (χ4v) is 3.74. The van der Waals surface area contributed by atoms with E-state index in [1.54, 1.807) is 32.0 Å². The standard InChI is InChI=1S/C14H13BrFNO2S/c1-9-6-7-11(15)8-13(9)20(18,19)17-14-10(2)4-3-5-12(14)16/h3-8,17H,1-2H3. The van der Waals surface area contributed by atoms with E-state index in [2.05, 4.69) is 20.7 Å². The minimum atomic E-state index is -3.83. The molecule has 0 atom stereocenters. The van der Waals surface area contributed by atoms with Crippen molar-refractivity contribution in [3.63, 3.8) is 0 Å². The topological polar surface area (TPSA) is 46.2 Å². The second-order valence-corrected chi connectivity index (χ2v) is 7.01. The molecule has 0 heterocycles. The number of sulfonamides is 1. The molecule has 0 bridgehead atoms. The van der Waals surface area contributed by atoms with Gasteiger partial charge in [-0.05, 0) is 43.2 Å². The number of hydrogen-bond donors (Lipinski definition) is 1. The minimum Gasteiger partial charge on any atom is -0.276 e. The van der Waals surface area contributed by atoms with Gasteiger partial charge < -0.3 is 0 Å². The number of rotatable bonds is 3. The highest BCUT2D eigenvalue weighted by molar-refractivity contribution is 9.10. The first-order valence-corrected chi connectivity index (χ1v) is 8.13. The SMILES string of the molecule is Cc1ccc(Br)cc1S(=O)(=O)Nc1c(C)cccc1F. The molecule has 0 spiro atoms. The lowest BCUT2D eigenvalue weighted by atomic mass is 10.2. The van der Waals surface area contributed by atoms with Gasteiger partial charge in [0, 0.05) is 4.47 Å². The van der Waals surface area contributed by atoms with Crippen LogP contribution in [0.15, 0.2) is 45.8 Å². The van der Waals surface area contributed by atoms with E-state index in [1.807, 2.05) is 0 Å². The molecule has 0 unspecified atom stereocenters. The molecular formula is C14H13BrFNO2S. The maximum Gasteiger partial charge on any atom is 0.262 e. The zero-order valence-electron chi connectivity index (χ0n) is 10.9. The van der Waals surface area contributed by atoms with Crippen LogP contribution in [0.3, 0.4) is 0 Å². The molecule has 106 valence electrons. The highest BCUT2D eigenvalue weighted by Crippen LogP contribution is 2.26. The van der Waals surface area contributed by atoms with Crippen LogP contribution in [-0.2, 0) is 10.0 Å². The molecule has 0 aliphatic carbocycles. The van der Waals surface area contributed by atoms with E-state index in [-0.39, 0.29) is 10.6 Å². The second kappa shape index (κ2) is 5.54. The number of halogens is 2. The van der Waals surface area contributed by atoms with Crippen molar-refractivity contribution < 1.29 is 12.8 Å². The smallest absolute Gasteiger partial charge is 0.262 e. The lowest BCUT2D eigenvalue weighted by Gasteiger charge is -2.13. The Morgan fingerprint density at radius 3 is 2.45 bits per heavy atom. The van der Waals surface area contributed by atoms with Gasteiger partial charge in [0.25, 0.3) is 10.0 Å². The first-order valence-electron chi connectivity index (χ1n) is 5.85. The number of hydrogen-bond acceptors (Lipinski definition) is 2. The largest absolute Gasteiger partial charge is 0.276 e. The van der Waals surface area contributed by atoms with Gasteiger partial charge in [0.1, 0.15) is 5.82 Å². The summed E-state index contributed by atoms with van der Waals surface area (Å²) in [4.78, 5) is 0.120. The number of para-hydroxylation sites is 1. The van der Waals surface area contributed by atoms with E-state index in [0.717, 1.165) is 0 Å². The Kier molecular flexibility index (Phi) is 4.15. The van der Waals surface area contributed by atoms with Gasteiger partial charge in [-0.25, -0.2) is 12.8 Å². The van der Waals surface area contributed by atoms with E-state index in [1.165, 1.54) is 18.2 Å². The van der Waals surface area contributed by atoms with Crippen LogP contribution in [0.1, 0.15) is 11.1 Å². The van der Waals surface area contributed by atoms with Crippen molar-refractivity contribution in [1.82, 2.24) is 0 Å². The van der Waals surface area contributed by atoms with Crippen molar-refractivity contribution in [2.75, 3.05) is 4.72 Å². The third-order valence-corrected chi connectivity index (χ3v) is 4.88.